The van der Waals surface area contributed by atoms with E-state index in [0.29, 0.717) is 0 Å². The van der Waals surface area contributed by atoms with Crippen molar-refractivity contribution in [2.24, 2.45) is 0 Å². The van der Waals surface area contributed by atoms with Crippen LogP contribution in [-0.4, -0.2) is 9.13 Å². The molecule has 70 heavy (non-hydrogen) atoms. The Morgan fingerprint density at radius 3 is 1.59 bits per heavy atom. The van der Waals surface area contributed by atoms with Gasteiger partial charge in [0.05, 0.1) is 16.6 Å². The van der Waals surface area contributed by atoms with Crippen LogP contribution in [0.5, 0.6) is 0 Å². The van der Waals surface area contributed by atoms with Crippen LogP contribution in [0.1, 0.15) is 17.7 Å². The summed E-state index contributed by atoms with van der Waals surface area (Å²) in [6.45, 7) is 0. The van der Waals surface area contributed by atoms with Gasteiger partial charge in [0.2, 0.25) is 0 Å². The van der Waals surface area contributed by atoms with Crippen molar-refractivity contribution in [3.05, 3.63) is 236 Å². The zero-order chi connectivity index (χ0) is 45.6. The largest absolute Gasteiger partial charge is 0.310 e. The van der Waals surface area contributed by atoms with Crippen molar-refractivity contribution in [2.75, 3.05) is 0 Å². The van der Waals surface area contributed by atoms with Gasteiger partial charge in [-0.15, -0.1) is 0 Å². The second-order valence-electron chi connectivity index (χ2n) is 19.4. The lowest BCUT2D eigenvalue weighted by molar-refractivity contribution is 0.968. The fourth-order valence-electron chi connectivity index (χ4n) is 13.0. The molecule has 0 N–H and O–H groups in total. The van der Waals surface area contributed by atoms with Crippen molar-refractivity contribution in [3.63, 3.8) is 0 Å². The minimum atomic E-state index is 1.04. The highest BCUT2D eigenvalue weighted by Gasteiger charge is 2.25. The SMILES string of the molecule is C1=Cc2c(c3ccccc3n2-c2ccc3c(-c4ccc5c6cccc7cccc(c8cccc4c85)c76)c4cc(-n5c6ccccc6c6ccccc65)ccc4c(-c4ccc5ccccc5c4)c3c2)CC1. The van der Waals surface area contributed by atoms with E-state index >= 15 is 0 Å². The summed E-state index contributed by atoms with van der Waals surface area (Å²) in [7, 11) is 0. The van der Waals surface area contributed by atoms with Crippen molar-refractivity contribution in [3.8, 4) is 33.6 Å². The van der Waals surface area contributed by atoms with Gasteiger partial charge in [0, 0.05) is 33.2 Å². The van der Waals surface area contributed by atoms with E-state index in [2.05, 4.69) is 240 Å². The van der Waals surface area contributed by atoms with E-state index in [1.54, 1.807) is 0 Å². The molecule has 2 heterocycles. The molecule has 13 aromatic carbocycles. The highest BCUT2D eigenvalue weighted by molar-refractivity contribution is 6.35. The fourth-order valence-corrected chi connectivity index (χ4v) is 13.0. The smallest absolute Gasteiger partial charge is 0.0541 e. The molecule has 0 spiro atoms. The van der Waals surface area contributed by atoms with Gasteiger partial charge >= 0.3 is 0 Å². The van der Waals surface area contributed by atoms with Gasteiger partial charge in [-0.2, -0.15) is 0 Å². The van der Waals surface area contributed by atoms with Crippen molar-refractivity contribution >= 4 is 114 Å². The van der Waals surface area contributed by atoms with Crippen LogP contribution in [-0.2, 0) is 6.42 Å². The quantitative estimate of drug-likeness (QED) is 0.123. The van der Waals surface area contributed by atoms with E-state index in [9.17, 15) is 0 Å². The van der Waals surface area contributed by atoms with E-state index in [-0.39, 0.29) is 0 Å². The number of aryl methyl sites for hydroxylation is 1. The van der Waals surface area contributed by atoms with E-state index in [1.165, 1.54) is 147 Å². The molecular formula is C68H42N2. The monoisotopic (exact) mass is 886 g/mol. The number of fused-ring (bicyclic) bond motifs is 11. The molecule has 1 aliphatic rings. The first-order chi connectivity index (χ1) is 34.7. The average molecular weight is 887 g/mol. The van der Waals surface area contributed by atoms with E-state index in [4.69, 9.17) is 0 Å². The van der Waals surface area contributed by atoms with Gasteiger partial charge in [0.25, 0.3) is 0 Å². The molecule has 0 atom stereocenters. The van der Waals surface area contributed by atoms with Gasteiger partial charge in [0.1, 0.15) is 0 Å². The van der Waals surface area contributed by atoms with Crippen molar-refractivity contribution in [1.82, 2.24) is 9.13 Å². The van der Waals surface area contributed by atoms with Crippen LogP contribution in [0.3, 0.4) is 0 Å². The molecule has 0 bridgehead atoms. The summed E-state index contributed by atoms with van der Waals surface area (Å²) in [6, 6.07) is 82.5. The molecule has 0 aliphatic heterocycles. The van der Waals surface area contributed by atoms with Crippen molar-refractivity contribution < 1.29 is 0 Å². The van der Waals surface area contributed by atoms with Crippen LogP contribution < -0.4 is 0 Å². The summed E-state index contributed by atoms with van der Waals surface area (Å²) in [5.41, 5.74) is 13.7. The van der Waals surface area contributed by atoms with Crippen LogP contribution in [0.4, 0.5) is 0 Å². The molecule has 0 amide bonds. The summed E-state index contributed by atoms with van der Waals surface area (Å²) in [5.74, 6) is 0. The number of nitrogens with zero attached hydrogens (tertiary/aromatic N) is 2. The van der Waals surface area contributed by atoms with Gasteiger partial charge in [-0.25, -0.2) is 0 Å². The number of aromatic nitrogens is 2. The molecule has 324 valence electrons. The third-order valence-electron chi connectivity index (χ3n) is 15.9. The number of hydrogen-bond acceptors (Lipinski definition) is 0. The molecule has 0 unspecified atom stereocenters. The molecule has 0 fully saturated rings. The zero-order valence-electron chi connectivity index (χ0n) is 38.2. The van der Waals surface area contributed by atoms with Gasteiger partial charge < -0.3 is 9.13 Å². The first-order valence-electron chi connectivity index (χ1n) is 24.6. The third-order valence-corrected chi connectivity index (χ3v) is 15.9. The summed E-state index contributed by atoms with van der Waals surface area (Å²) in [5, 5.41) is 21.7. The highest BCUT2D eigenvalue weighted by atomic mass is 15.0. The lowest BCUT2D eigenvalue weighted by Crippen LogP contribution is -2.01. The number of rotatable bonds is 4. The maximum Gasteiger partial charge on any atom is 0.0541 e. The number of hydrogen-bond donors (Lipinski definition) is 0. The molecule has 16 rings (SSSR count). The molecule has 0 saturated carbocycles. The normalized spacial score (nSPS) is 13.0. The Morgan fingerprint density at radius 1 is 0.314 bits per heavy atom. The molecule has 15 aromatic rings. The Morgan fingerprint density at radius 2 is 0.843 bits per heavy atom. The van der Waals surface area contributed by atoms with Gasteiger partial charge in [-0.3, -0.25) is 0 Å². The van der Waals surface area contributed by atoms with Crippen molar-refractivity contribution in [2.45, 2.75) is 12.8 Å². The van der Waals surface area contributed by atoms with Crippen LogP contribution in [0, 0.1) is 0 Å². The van der Waals surface area contributed by atoms with Crippen LogP contribution in [0.15, 0.2) is 224 Å². The lowest BCUT2D eigenvalue weighted by atomic mass is 9.82. The number of para-hydroxylation sites is 3. The molecule has 0 radical (unpaired) electrons. The molecular weight excluding hydrogens is 845 g/mol. The van der Waals surface area contributed by atoms with Crippen molar-refractivity contribution in [1.29, 1.82) is 0 Å². The Hall–Kier alpha value is -8.98. The van der Waals surface area contributed by atoms with Gasteiger partial charge in [0.15, 0.2) is 0 Å². The maximum absolute atomic E-state index is 2.51. The molecule has 2 aromatic heterocycles. The first kappa shape index (κ1) is 38.0. The Bertz CT molecular complexity index is 4660. The summed E-state index contributed by atoms with van der Waals surface area (Å²) < 4.78 is 4.99. The van der Waals surface area contributed by atoms with Gasteiger partial charge in [-0.1, -0.05) is 176 Å². The summed E-state index contributed by atoms with van der Waals surface area (Å²) >= 11 is 0. The highest BCUT2D eigenvalue weighted by Crippen LogP contribution is 2.50. The minimum Gasteiger partial charge on any atom is -0.310 e. The second kappa shape index (κ2) is 14.3. The third kappa shape index (κ3) is 5.17. The molecule has 2 nitrogen and oxygen atoms in total. The van der Waals surface area contributed by atoms with E-state index in [1.807, 2.05) is 0 Å². The van der Waals surface area contributed by atoms with Gasteiger partial charge in [-0.05, 0) is 171 Å². The Balaban J connectivity index is 1.09. The van der Waals surface area contributed by atoms with Crippen LogP contribution in [0.2, 0.25) is 0 Å². The zero-order valence-corrected chi connectivity index (χ0v) is 38.2. The standard InChI is InChI=1S/C68H42N2/c1-2-15-43-38-44(31-30-41(43)14-1)66-57-34-32-46(70-63-28-9-5-20-49(63)50-21-6-10-29-64(50)70)40-60(57)68(58-35-33-45(39-59(58)66)69-61-26-7-3-18-47(61)48-19-4-8-27-62(48)69)56-37-36-55-52-23-12-17-42-16-11-22-51(65(42)52)53-24-13-25-54(56)67(53)55/h1-3,5-18,20-40H,4,19H2. The number of benzene rings is 13. The predicted molar refractivity (Wildman–Crippen MR) is 300 cm³/mol. The average Bonchev–Trinajstić information content (AvgIpc) is 3.94. The second-order valence-corrected chi connectivity index (χ2v) is 19.4. The fraction of sp³-hybridized carbons (Fsp3) is 0.0294. The first-order valence-corrected chi connectivity index (χ1v) is 24.6. The topological polar surface area (TPSA) is 9.86 Å². The maximum atomic E-state index is 2.51. The van der Waals surface area contributed by atoms with E-state index < -0.39 is 0 Å². The van der Waals surface area contributed by atoms with Crippen LogP contribution in [0.25, 0.3) is 148 Å². The predicted octanol–water partition coefficient (Wildman–Crippen LogP) is 18.5. The molecule has 2 heteroatoms. The van der Waals surface area contributed by atoms with E-state index in [0.717, 1.165) is 18.5 Å². The minimum absolute atomic E-state index is 1.04. The van der Waals surface area contributed by atoms with Crippen LogP contribution >= 0.6 is 0 Å². The summed E-state index contributed by atoms with van der Waals surface area (Å²) in [4.78, 5) is 0. The molecule has 1 aliphatic carbocycles. The summed E-state index contributed by atoms with van der Waals surface area (Å²) in [6.07, 6.45) is 6.80. The Labute approximate surface area is 403 Å². The Kier molecular flexibility index (Phi) is 7.76. The number of allylic oxidation sites excluding steroid dienone is 1. The molecule has 0 saturated heterocycles. The lowest BCUT2D eigenvalue weighted by Gasteiger charge is -2.22.